The van der Waals surface area contributed by atoms with Crippen LogP contribution in [0.5, 0.6) is 0 Å². The summed E-state index contributed by atoms with van der Waals surface area (Å²) in [4.78, 5) is 2.74. The highest BCUT2D eigenvalue weighted by molar-refractivity contribution is 5.06. The molecule has 0 aromatic carbocycles. The van der Waals surface area contributed by atoms with Gasteiger partial charge in [-0.25, -0.2) is 0 Å². The number of rotatable bonds is 4. The molecule has 92 valence electrons. The van der Waals surface area contributed by atoms with Crippen molar-refractivity contribution in [3.8, 4) is 0 Å². The van der Waals surface area contributed by atoms with Gasteiger partial charge in [-0.1, -0.05) is 13.8 Å². The summed E-state index contributed by atoms with van der Waals surface area (Å²) in [7, 11) is 0. The predicted molar refractivity (Wildman–Crippen MR) is 67.5 cm³/mol. The second kappa shape index (κ2) is 3.99. The normalized spacial score (nSPS) is 34.3. The molecule has 0 amide bonds. The molecule has 2 saturated carbocycles. The predicted octanol–water partition coefficient (Wildman–Crippen LogP) is 2.11. The van der Waals surface area contributed by atoms with Crippen LogP contribution in [0.25, 0.3) is 0 Å². The van der Waals surface area contributed by atoms with Crippen LogP contribution in [0.4, 0.5) is 0 Å². The Labute approximate surface area is 99.8 Å². The fraction of sp³-hybridized carbons (Fsp3) is 1.00. The van der Waals surface area contributed by atoms with Gasteiger partial charge < -0.3 is 5.32 Å². The van der Waals surface area contributed by atoms with Crippen molar-refractivity contribution < 1.29 is 0 Å². The minimum Gasteiger partial charge on any atom is -0.311 e. The standard InChI is InChI=1S/C14H26N2/c1-11(2)13-9-16(8-7-15-13)10-14(5-6-14)12-3-4-12/h11-13,15H,3-10H2,1-2H3. The van der Waals surface area contributed by atoms with Gasteiger partial charge in [0.15, 0.2) is 0 Å². The molecule has 2 aliphatic carbocycles. The summed E-state index contributed by atoms with van der Waals surface area (Å²) in [5.74, 6) is 1.89. The van der Waals surface area contributed by atoms with Crippen molar-refractivity contribution in [3.63, 3.8) is 0 Å². The average Bonchev–Trinajstić information content (AvgIpc) is 3.12. The van der Waals surface area contributed by atoms with E-state index in [2.05, 4.69) is 24.1 Å². The van der Waals surface area contributed by atoms with Crippen molar-refractivity contribution in [2.75, 3.05) is 26.2 Å². The van der Waals surface area contributed by atoms with Gasteiger partial charge in [-0.2, -0.15) is 0 Å². The van der Waals surface area contributed by atoms with Gasteiger partial charge in [0, 0.05) is 32.2 Å². The summed E-state index contributed by atoms with van der Waals surface area (Å²) in [5.41, 5.74) is 0.791. The molecule has 1 unspecified atom stereocenters. The molecule has 0 radical (unpaired) electrons. The summed E-state index contributed by atoms with van der Waals surface area (Å²) in [5, 5.41) is 3.66. The number of nitrogens with zero attached hydrogens (tertiary/aromatic N) is 1. The minimum atomic E-state index is 0.726. The maximum Gasteiger partial charge on any atom is 0.0218 e. The number of hydrogen-bond donors (Lipinski definition) is 1. The number of hydrogen-bond acceptors (Lipinski definition) is 2. The van der Waals surface area contributed by atoms with Gasteiger partial charge in [-0.15, -0.1) is 0 Å². The van der Waals surface area contributed by atoms with E-state index in [0.29, 0.717) is 0 Å². The molecule has 1 atom stereocenters. The van der Waals surface area contributed by atoms with E-state index in [1.165, 1.54) is 51.9 Å². The summed E-state index contributed by atoms with van der Waals surface area (Å²) < 4.78 is 0. The van der Waals surface area contributed by atoms with Crippen LogP contribution in [0.1, 0.15) is 39.5 Å². The Kier molecular flexibility index (Phi) is 2.75. The summed E-state index contributed by atoms with van der Waals surface area (Å²) in [6.07, 6.45) is 6.10. The Bertz CT molecular complexity index is 253. The van der Waals surface area contributed by atoms with Crippen LogP contribution in [-0.2, 0) is 0 Å². The van der Waals surface area contributed by atoms with Gasteiger partial charge in [-0.05, 0) is 42.9 Å². The highest BCUT2D eigenvalue weighted by Gasteiger charge is 2.54. The van der Waals surface area contributed by atoms with E-state index >= 15 is 0 Å². The minimum absolute atomic E-state index is 0.726. The van der Waals surface area contributed by atoms with Crippen molar-refractivity contribution in [1.82, 2.24) is 10.2 Å². The fourth-order valence-corrected chi connectivity index (χ4v) is 3.43. The molecule has 16 heavy (non-hydrogen) atoms. The molecule has 1 aliphatic heterocycles. The quantitative estimate of drug-likeness (QED) is 0.784. The molecule has 1 N–H and O–H groups in total. The van der Waals surface area contributed by atoms with Crippen LogP contribution in [0.2, 0.25) is 0 Å². The van der Waals surface area contributed by atoms with Gasteiger partial charge in [-0.3, -0.25) is 4.90 Å². The van der Waals surface area contributed by atoms with Gasteiger partial charge in [0.05, 0.1) is 0 Å². The van der Waals surface area contributed by atoms with E-state index in [0.717, 1.165) is 23.3 Å². The van der Waals surface area contributed by atoms with E-state index in [9.17, 15) is 0 Å². The van der Waals surface area contributed by atoms with Crippen molar-refractivity contribution in [2.24, 2.45) is 17.3 Å². The van der Waals surface area contributed by atoms with Crippen molar-refractivity contribution in [2.45, 2.75) is 45.6 Å². The third kappa shape index (κ3) is 2.14. The molecule has 1 saturated heterocycles. The maximum absolute atomic E-state index is 3.66. The fourth-order valence-electron chi connectivity index (χ4n) is 3.43. The van der Waals surface area contributed by atoms with Gasteiger partial charge in [0.25, 0.3) is 0 Å². The third-order valence-corrected chi connectivity index (χ3v) is 4.97. The van der Waals surface area contributed by atoms with Crippen LogP contribution >= 0.6 is 0 Å². The van der Waals surface area contributed by atoms with Crippen LogP contribution in [-0.4, -0.2) is 37.1 Å². The van der Waals surface area contributed by atoms with Gasteiger partial charge >= 0.3 is 0 Å². The Morgan fingerprint density at radius 3 is 2.62 bits per heavy atom. The molecule has 3 aliphatic rings. The molecule has 1 heterocycles. The highest BCUT2D eigenvalue weighted by Crippen LogP contribution is 2.61. The van der Waals surface area contributed by atoms with Crippen molar-refractivity contribution in [1.29, 1.82) is 0 Å². The molecule has 2 nitrogen and oxygen atoms in total. The van der Waals surface area contributed by atoms with E-state index < -0.39 is 0 Å². The number of piperazine rings is 1. The molecule has 3 rings (SSSR count). The zero-order valence-corrected chi connectivity index (χ0v) is 10.8. The van der Waals surface area contributed by atoms with Crippen LogP contribution in [0.3, 0.4) is 0 Å². The van der Waals surface area contributed by atoms with Crippen molar-refractivity contribution >= 4 is 0 Å². The summed E-state index contributed by atoms with van der Waals surface area (Å²) in [6, 6.07) is 0.726. The lowest BCUT2D eigenvalue weighted by Crippen LogP contribution is -2.54. The zero-order chi connectivity index (χ0) is 11.2. The largest absolute Gasteiger partial charge is 0.311 e. The van der Waals surface area contributed by atoms with E-state index in [4.69, 9.17) is 0 Å². The Hall–Kier alpha value is -0.0800. The summed E-state index contributed by atoms with van der Waals surface area (Å²) in [6.45, 7) is 9.85. The molecule has 2 heteroatoms. The van der Waals surface area contributed by atoms with Crippen LogP contribution in [0.15, 0.2) is 0 Å². The molecular weight excluding hydrogens is 196 g/mol. The Balaban J connectivity index is 1.54. The second-order valence-electron chi connectivity index (χ2n) is 6.68. The average molecular weight is 222 g/mol. The van der Waals surface area contributed by atoms with Crippen LogP contribution in [0, 0.1) is 17.3 Å². The topological polar surface area (TPSA) is 15.3 Å². The zero-order valence-electron chi connectivity index (χ0n) is 10.8. The number of nitrogens with one attached hydrogen (secondary N) is 1. The molecule has 0 spiro atoms. The van der Waals surface area contributed by atoms with E-state index in [1.807, 2.05) is 0 Å². The lowest BCUT2D eigenvalue weighted by molar-refractivity contribution is 0.139. The molecule has 0 bridgehead atoms. The SMILES string of the molecule is CC(C)C1CN(CC2(C3CC3)CC2)CCN1. The lowest BCUT2D eigenvalue weighted by Gasteiger charge is -2.37. The first-order valence-electron chi connectivity index (χ1n) is 7.15. The summed E-state index contributed by atoms with van der Waals surface area (Å²) >= 11 is 0. The molecule has 3 fully saturated rings. The Morgan fingerprint density at radius 2 is 2.06 bits per heavy atom. The first-order chi connectivity index (χ1) is 7.70. The monoisotopic (exact) mass is 222 g/mol. The van der Waals surface area contributed by atoms with E-state index in [-0.39, 0.29) is 0 Å². The smallest absolute Gasteiger partial charge is 0.0218 e. The van der Waals surface area contributed by atoms with Crippen molar-refractivity contribution in [3.05, 3.63) is 0 Å². The van der Waals surface area contributed by atoms with Crippen LogP contribution < -0.4 is 5.32 Å². The molecular formula is C14H26N2. The van der Waals surface area contributed by atoms with E-state index in [1.54, 1.807) is 0 Å². The second-order valence-corrected chi connectivity index (χ2v) is 6.68. The Morgan fingerprint density at radius 1 is 1.31 bits per heavy atom. The van der Waals surface area contributed by atoms with Gasteiger partial charge in [0.2, 0.25) is 0 Å². The molecule has 0 aromatic heterocycles. The third-order valence-electron chi connectivity index (χ3n) is 4.97. The highest BCUT2D eigenvalue weighted by atomic mass is 15.2. The lowest BCUT2D eigenvalue weighted by atomic mass is 9.97. The molecule has 0 aromatic rings. The maximum atomic E-state index is 3.66. The van der Waals surface area contributed by atoms with Gasteiger partial charge in [0.1, 0.15) is 0 Å². The first-order valence-corrected chi connectivity index (χ1v) is 7.15. The first kappa shape index (κ1) is 11.0.